The molecule has 0 saturated carbocycles. The lowest BCUT2D eigenvalue weighted by atomic mass is 10.1. The van der Waals surface area contributed by atoms with Gasteiger partial charge < -0.3 is 14.6 Å². The summed E-state index contributed by atoms with van der Waals surface area (Å²) >= 11 is 0. The normalized spacial score (nSPS) is 11.0. The van der Waals surface area contributed by atoms with E-state index in [1.165, 1.54) is 50.8 Å². The molecule has 1 aromatic carbocycles. The summed E-state index contributed by atoms with van der Waals surface area (Å²) in [5, 5.41) is 2.72. The summed E-state index contributed by atoms with van der Waals surface area (Å²) in [6, 6.07) is 2.54. The Kier molecular flexibility index (Phi) is 11.1. The number of esters is 1. The number of aromatic nitrogens is 1. The first-order valence-corrected chi connectivity index (χ1v) is 12.3. The van der Waals surface area contributed by atoms with Gasteiger partial charge in [-0.15, -0.1) is 0 Å². The molecule has 2 aromatic rings. The number of carbonyl (C=O) groups is 2. The van der Waals surface area contributed by atoms with Crippen molar-refractivity contribution in [1.82, 2.24) is 4.57 Å². The highest BCUT2D eigenvalue weighted by atomic mass is 19.1. The highest BCUT2D eigenvalue weighted by molar-refractivity contribution is 5.96. The first kappa shape index (κ1) is 26.6. The van der Waals surface area contributed by atoms with E-state index in [1.54, 1.807) is 11.5 Å². The van der Waals surface area contributed by atoms with E-state index < -0.39 is 17.2 Å². The Bertz CT molecular complexity index is 1000. The molecular formula is C26H37FN2O4. The molecule has 1 heterocycles. The summed E-state index contributed by atoms with van der Waals surface area (Å²) in [5.74, 6) is -1.68. The van der Waals surface area contributed by atoms with Crippen LogP contribution in [0.15, 0.2) is 23.1 Å². The van der Waals surface area contributed by atoms with Crippen molar-refractivity contribution in [1.29, 1.82) is 0 Å². The lowest BCUT2D eigenvalue weighted by Crippen LogP contribution is -2.21. The molecule has 2 rings (SSSR count). The van der Waals surface area contributed by atoms with Gasteiger partial charge in [-0.05, 0) is 32.4 Å². The van der Waals surface area contributed by atoms with Gasteiger partial charge in [0.15, 0.2) is 0 Å². The Hall–Kier alpha value is -2.70. The molecular weight excluding hydrogens is 423 g/mol. The van der Waals surface area contributed by atoms with Crippen molar-refractivity contribution in [3.8, 4) is 0 Å². The van der Waals surface area contributed by atoms with Crippen LogP contribution in [0.1, 0.15) is 95.3 Å². The van der Waals surface area contributed by atoms with E-state index in [1.807, 2.05) is 6.92 Å². The lowest BCUT2D eigenvalue weighted by Gasteiger charge is -2.14. The lowest BCUT2D eigenvalue weighted by molar-refractivity contribution is -0.116. The molecule has 1 amide bonds. The van der Waals surface area contributed by atoms with Crippen molar-refractivity contribution >= 4 is 28.5 Å². The maximum absolute atomic E-state index is 14.7. The number of pyridine rings is 1. The Labute approximate surface area is 195 Å². The number of rotatable bonds is 14. The van der Waals surface area contributed by atoms with E-state index >= 15 is 0 Å². The van der Waals surface area contributed by atoms with Crippen LogP contribution < -0.4 is 10.7 Å². The monoisotopic (exact) mass is 460 g/mol. The molecule has 0 aliphatic rings. The van der Waals surface area contributed by atoms with Crippen LogP contribution >= 0.6 is 0 Å². The molecule has 33 heavy (non-hydrogen) atoms. The summed E-state index contributed by atoms with van der Waals surface area (Å²) in [4.78, 5) is 37.2. The van der Waals surface area contributed by atoms with Gasteiger partial charge >= 0.3 is 5.97 Å². The van der Waals surface area contributed by atoms with Gasteiger partial charge in [-0.3, -0.25) is 9.59 Å². The van der Waals surface area contributed by atoms with Crippen LogP contribution in [0.4, 0.5) is 10.1 Å². The molecule has 0 saturated heterocycles. The SMILES string of the molecule is CCCCCCCCCCCC(=O)Nc1cc2c(cc1F)c(=O)c(C(=O)OCC)cn2CC. The fraction of sp³-hybridized carbons (Fsp3) is 0.577. The predicted molar refractivity (Wildman–Crippen MR) is 130 cm³/mol. The van der Waals surface area contributed by atoms with Crippen LogP contribution in [0.25, 0.3) is 10.9 Å². The number of halogens is 1. The van der Waals surface area contributed by atoms with Crippen LogP contribution in [0.2, 0.25) is 0 Å². The van der Waals surface area contributed by atoms with Gasteiger partial charge in [-0.2, -0.15) is 0 Å². The topological polar surface area (TPSA) is 77.4 Å². The first-order chi connectivity index (χ1) is 15.9. The predicted octanol–water partition coefficient (Wildman–Crippen LogP) is 6.20. The van der Waals surface area contributed by atoms with Crippen molar-refractivity contribution in [2.45, 2.75) is 91.5 Å². The molecule has 1 aromatic heterocycles. The number of benzene rings is 1. The number of unbranched alkanes of at least 4 members (excludes halogenated alkanes) is 8. The Morgan fingerprint density at radius 2 is 1.61 bits per heavy atom. The van der Waals surface area contributed by atoms with E-state index in [-0.39, 0.29) is 29.2 Å². The molecule has 0 atom stereocenters. The zero-order valence-corrected chi connectivity index (χ0v) is 20.2. The van der Waals surface area contributed by atoms with Gasteiger partial charge in [0.2, 0.25) is 11.3 Å². The minimum absolute atomic E-state index is 0.0360. The summed E-state index contributed by atoms with van der Waals surface area (Å²) in [5.41, 5.74) is -0.225. The number of anilines is 1. The van der Waals surface area contributed by atoms with Gasteiger partial charge in [0, 0.05) is 24.5 Å². The second kappa shape index (κ2) is 13.8. The average Bonchev–Trinajstić information content (AvgIpc) is 2.79. The van der Waals surface area contributed by atoms with Gasteiger partial charge in [0.05, 0.1) is 17.8 Å². The molecule has 182 valence electrons. The van der Waals surface area contributed by atoms with Crippen molar-refractivity contribution in [3.05, 3.63) is 39.9 Å². The number of nitrogens with zero attached hydrogens (tertiary/aromatic N) is 1. The third-order valence-electron chi connectivity index (χ3n) is 5.79. The van der Waals surface area contributed by atoms with E-state index in [9.17, 15) is 18.8 Å². The van der Waals surface area contributed by atoms with Crippen molar-refractivity contribution in [2.24, 2.45) is 0 Å². The summed E-state index contributed by atoms with van der Waals surface area (Å²) in [6.45, 7) is 6.31. The second-order valence-corrected chi connectivity index (χ2v) is 8.35. The van der Waals surface area contributed by atoms with Crippen LogP contribution in [0.3, 0.4) is 0 Å². The minimum atomic E-state index is -0.731. The van der Waals surface area contributed by atoms with Gasteiger partial charge in [-0.25, -0.2) is 9.18 Å². The van der Waals surface area contributed by atoms with E-state index in [2.05, 4.69) is 12.2 Å². The van der Waals surface area contributed by atoms with Crippen molar-refractivity contribution in [2.75, 3.05) is 11.9 Å². The Morgan fingerprint density at radius 1 is 0.970 bits per heavy atom. The minimum Gasteiger partial charge on any atom is -0.462 e. The number of hydrogen-bond donors (Lipinski definition) is 1. The summed E-state index contributed by atoms with van der Waals surface area (Å²) in [6.07, 6.45) is 12.2. The number of amides is 1. The Balaban J connectivity index is 2.01. The quantitative estimate of drug-likeness (QED) is 0.269. The van der Waals surface area contributed by atoms with Crippen LogP contribution in [0.5, 0.6) is 0 Å². The highest BCUT2D eigenvalue weighted by Crippen LogP contribution is 2.23. The van der Waals surface area contributed by atoms with Crippen LogP contribution in [-0.4, -0.2) is 23.1 Å². The summed E-state index contributed by atoms with van der Waals surface area (Å²) < 4.78 is 21.3. The third kappa shape index (κ3) is 7.69. The number of nitrogens with one attached hydrogen (secondary N) is 1. The molecule has 0 aliphatic carbocycles. The second-order valence-electron chi connectivity index (χ2n) is 8.35. The highest BCUT2D eigenvalue weighted by Gasteiger charge is 2.18. The number of fused-ring (bicyclic) bond motifs is 1. The number of aryl methyl sites for hydroxylation is 1. The Morgan fingerprint density at radius 3 is 2.21 bits per heavy atom. The number of hydrogen-bond acceptors (Lipinski definition) is 4. The van der Waals surface area contributed by atoms with E-state index in [4.69, 9.17) is 4.74 Å². The molecule has 7 heteroatoms. The van der Waals surface area contributed by atoms with E-state index in [0.29, 0.717) is 18.5 Å². The zero-order chi connectivity index (χ0) is 24.2. The van der Waals surface area contributed by atoms with Crippen molar-refractivity contribution in [3.63, 3.8) is 0 Å². The smallest absolute Gasteiger partial charge is 0.343 e. The largest absolute Gasteiger partial charge is 0.462 e. The molecule has 0 radical (unpaired) electrons. The van der Waals surface area contributed by atoms with E-state index in [0.717, 1.165) is 25.3 Å². The fourth-order valence-electron chi connectivity index (χ4n) is 3.93. The van der Waals surface area contributed by atoms with Crippen LogP contribution in [-0.2, 0) is 16.1 Å². The van der Waals surface area contributed by atoms with Gasteiger partial charge in [0.25, 0.3) is 0 Å². The van der Waals surface area contributed by atoms with Crippen LogP contribution in [0, 0.1) is 5.82 Å². The fourth-order valence-corrected chi connectivity index (χ4v) is 3.93. The molecule has 0 spiro atoms. The average molecular weight is 461 g/mol. The standard InChI is InChI=1S/C26H37FN2O4/c1-4-7-8-9-10-11-12-13-14-15-24(30)28-22-17-23-19(16-21(22)27)25(31)20(18-29(23)5-2)26(32)33-6-3/h16-18H,4-15H2,1-3H3,(H,28,30). The third-order valence-corrected chi connectivity index (χ3v) is 5.79. The molecule has 0 aliphatic heterocycles. The van der Waals surface area contributed by atoms with Gasteiger partial charge in [-0.1, -0.05) is 58.3 Å². The maximum Gasteiger partial charge on any atom is 0.343 e. The molecule has 0 unspecified atom stereocenters. The number of ether oxygens (including phenoxy) is 1. The molecule has 0 bridgehead atoms. The summed E-state index contributed by atoms with van der Waals surface area (Å²) in [7, 11) is 0. The first-order valence-electron chi connectivity index (χ1n) is 12.3. The van der Waals surface area contributed by atoms with Gasteiger partial charge in [0.1, 0.15) is 11.4 Å². The van der Waals surface area contributed by atoms with Crippen molar-refractivity contribution < 1.29 is 18.7 Å². The molecule has 1 N–H and O–H groups in total. The zero-order valence-electron chi connectivity index (χ0n) is 20.2. The molecule has 0 fully saturated rings. The molecule has 6 nitrogen and oxygen atoms in total. The maximum atomic E-state index is 14.7. The number of carbonyl (C=O) groups excluding carboxylic acids is 2.